The van der Waals surface area contributed by atoms with E-state index in [2.05, 4.69) is 15.5 Å². The second kappa shape index (κ2) is 14.0. The SMILES string of the molecule is O=C(O[C@H](C(=O)O)[C@H](OC(=O)c1ccccc1Cl)C(=O)Nc1ccc(N=Nc2ccccc2)cc1)c1ccccc1Cl. The van der Waals surface area contributed by atoms with Gasteiger partial charge in [0.05, 0.1) is 32.5 Å². The Kier molecular flexibility index (Phi) is 9.99. The number of azo groups is 1. The van der Waals surface area contributed by atoms with E-state index in [0.717, 1.165) is 0 Å². The van der Waals surface area contributed by atoms with E-state index in [4.69, 9.17) is 32.7 Å². The highest BCUT2D eigenvalue weighted by Crippen LogP contribution is 2.23. The van der Waals surface area contributed by atoms with E-state index in [9.17, 15) is 24.3 Å². The van der Waals surface area contributed by atoms with Crippen LogP contribution in [0.25, 0.3) is 0 Å². The number of hydrogen-bond donors (Lipinski definition) is 2. The summed E-state index contributed by atoms with van der Waals surface area (Å²) in [5.41, 5.74) is 1.03. The lowest BCUT2D eigenvalue weighted by atomic mass is 10.1. The predicted octanol–water partition coefficient (Wildman–Crippen LogP) is 6.88. The molecule has 0 aromatic heterocycles. The van der Waals surface area contributed by atoms with Gasteiger partial charge in [-0.15, -0.1) is 0 Å². The van der Waals surface area contributed by atoms with Gasteiger partial charge in [0.2, 0.25) is 12.2 Å². The maximum atomic E-state index is 13.3. The highest BCUT2D eigenvalue weighted by molar-refractivity contribution is 6.34. The zero-order chi connectivity index (χ0) is 30.1. The van der Waals surface area contributed by atoms with E-state index in [1.807, 2.05) is 18.2 Å². The molecule has 1 amide bonds. The van der Waals surface area contributed by atoms with Crippen molar-refractivity contribution in [3.05, 3.63) is 124 Å². The smallest absolute Gasteiger partial charge is 0.349 e. The van der Waals surface area contributed by atoms with Gasteiger partial charge in [-0.25, -0.2) is 14.4 Å². The summed E-state index contributed by atoms with van der Waals surface area (Å²) in [5.74, 6) is -5.10. The van der Waals surface area contributed by atoms with Gasteiger partial charge < -0.3 is 19.9 Å². The average molecular weight is 606 g/mol. The Hall–Kier alpha value is -5.06. The van der Waals surface area contributed by atoms with Crippen LogP contribution >= 0.6 is 23.2 Å². The fourth-order valence-electron chi connectivity index (χ4n) is 3.54. The van der Waals surface area contributed by atoms with E-state index in [1.54, 1.807) is 36.4 Å². The normalized spacial score (nSPS) is 12.2. The Morgan fingerprint density at radius 3 is 1.57 bits per heavy atom. The second-order valence-electron chi connectivity index (χ2n) is 8.52. The lowest BCUT2D eigenvalue weighted by Gasteiger charge is -2.24. The number of benzene rings is 4. The van der Waals surface area contributed by atoms with Crippen LogP contribution in [-0.2, 0) is 19.1 Å². The number of halogens is 2. The van der Waals surface area contributed by atoms with Crippen LogP contribution in [0, 0.1) is 0 Å². The summed E-state index contributed by atoms with van der Waals surface area (Å²) in [5, 5.41) is 20.6. The minimum absolute atomic E-state index is 0.00171. The van der Waals surface area contributed by atoms with E-state index in [1.165, 1.54) is 48.5 Å². The van der Waals surface area contributed by atoms with Gasteiger partial charge in [0, 0.05) is 5.69 Å². The Labute approximate surface area is 249 Å². The molecule has 4 aromatic rings. The number of hydrogen-bond acceptors (Lipinski definition) is 8. The highest BCUT2D eigenvalue weighted by Gasteiger charge is 2.41. The Balaban J connectivity index is 1.58. The van der Waals surface area contributed by atoms with Crippen LogP contribution < -0.4 is 5.32 Å². The third-order valence-corrected chi connectivity index (χ3v) is 6.26. The molecule has 212 valence electrons. The zero-order valence-corrected chi connectivity index (χ0v) is 23.0. The number of carbonyl (C=O) groups is 4. The number of aliphatic carboxylic acids is 1. The van der Waals surface area contributed by atoms with Crippen molar-refractivity contribution in [2.45, 2.75) is 12.2 Å². The molecule has 2 atom stereocenters. The summed E-state index contributed by atoms with van der Waals surface area (Å²) < 4.78 is 10.4. The van der Waals surface area contributed by atoms with Gasteiger partial charge in [0.15, 0.2) is 0 Å². The molecule has 12 heteroatoms. The minimum Gasteiger partial charge on any atom is -0.478 e. The quantitative estimate of drug-likeness (QED) is 0.148. The van der Waals surface area contributed by atoms with Crippen LogP contribution in [0.4, 0.5) is 17.1 Å². The van der Waals surface area contributed by atoms with Gasteiger partial charge in [-0.05, 0) is 60.7 Å². The van der Waals surface area contributed by atoms with Crippen LogP contribution in [-0.4, -0.2) is 41.1 Å². The number of carboxylic acid groups (broad SMARTS) is 1. The molecule has 10 nitrogen and oxygen atoms in total. The molecule has 2 N–H and O–H groups in total. The van der Waals surface area contributed by atoms with Crippen LogP contribution in [0.3, 0.4) is 0 Å². The van der Waals surface area contributed by atoms with Crippen molar-refractivity contribution in [3.63, 3.8) is 0 Å². The number of anilines is 1. The predicted molar refractivity (Wildman–Crippen MR) is 155 cm³/mol. The number of carbonyl (C=O) groups excluding carboxylic acids is 3. The number of nitrogens with zero attached hydrogens (tertiary/aromatic N) is 2. The summed E-state index contributed by atoms with van der Waals surface area (Å²) in [4.78, 5) is 51.3. The lowest BCUT2D eigenvalue weighted by molar-refractivity contribution is -0.157. The number of rotatable bonds is 10. The molecule has 42 heavy (non-hydrogen) atoms. The molecule has 4 aromatic carbocycles. The number of nitrogens with one attached hydrogen (secondary N) is 1. The Morgan fingerprint density at radius 2 is 1.07 bits per heavy atom. The topological polar surface area (TPSA) is 144 Å². The molecule has 0 radical (unpaired) electrons. The van der Waals surface area contributed by atoms with E-state index >= 15 is 0 Å². The first-order valence-corrected chi connectivity index (χ1v) is 13.0. The van der Waals surface area contributed by atoms with E-state index in [-0.39, 0.29) is 26.9 Å². The maximum Gasteiger partial charge on any atom is 0.349 e. The van der Waals surface area contributed by atoms with E-state index < -0.39 is 36.0 Å². The van der Waals surface area contributed by atoms with Crippen molar-refractivity contribution in [3.8, 4) is 0 Å². The molecule has 0 aliphatic carbocycles. The first-order valence-electron chi connectivity index (χ1n) is 12.2. The molecule has 0 unspecified atom stereocenters. The van der Waals surface area contributed by atoms with Crippen LogP contribution in [0.5, 0.6) is 0 Å². The van der Waals surface area contributed by atoms with Crippen molar-refractivity contribution in [1.29, 1.82) is 0 Å². The molecule has 0 saturated carbocycles. The van der Waals surface area contributed by atoms with Gasteiger partial charge in [-0.1, -0.05) is 65.7 Å². The summed E-state index contributed by atoms with van der Waals surface area (Å²) in [6.07, 6.45) is -4.38. The first-order chi connectivity index (χ1) is 20.2. The molecule has 0 spiro atoms. The van der Waals surface area contributed by atoms with Gasteiger partial charge in [-0.3, -0.25) is 4.79 Å². The van der Waals surface area contributed by atoms with Crippen molar-refractivity contribution < 1.29 is 33.8 Å². The number of esters is 2. The monoisotopic (exact) mass is 605 g/mol. The molecule has 0 heterocycles. The number of ether oxygens (including phenoxy) is 2. The van der Waals surface area contributed by atoms with Crippen molar-refractivity contribution in [1.82, 2.24) is 0 Å². The van der Waals surface area contributed by atoms with Gasteiger partial charge in [0.25, 0.3) is 5.91 Å². The summed E-state index contributed by atoms with van der Waals surface area (Å²) >= 11 is 12.1. The van der Waals surface area contributed by atoms with Crippen LogP contribution in [0.1, 0.15) is 20.7 Å². The van der Waals surface area contributed by atoms with Gasteiger partial charge >= 0.3 is 17.9 Å². The molecular formula is C30H21Cl2N3O7. The molecule has 0 aliphatic rings. The summed E-state index contributed by atoms with van der Waals surface area (Å²) in [7, 11) is 0. The second-order valence-corrected chi connectivity index (χ2v) is 9.34. The van der Waals surface area contributed by atoms with E-state index in [0.29, 0.717) is 11.4 Å². The van der Waals surface area contributed by atoms with Gasteiger partial charge in [-0.2, -0.15) is 10.2 Å². The molecule has 0 bridgehead atoms. The molecule has 4 rings (SSSR count). The Bertz CT molecular complexity index is 1630. The number of carboxylic acids is 1. The van der Waals surface area contributed by atoms with Gasteiger partial charge in [0.1, 0.15) is 0 Å². The van der Waals surface area contributed by atoms with Crippen molar-refractivity contribution in [2.24, 2.45) is 10.2 Å². The minimum atomic E-state index is -2.25. The fourth-order valence-corrected chi connectivity index (χ4v) is 3.97. The third kappa shape index (κ3) is 7.78. The fraction of sp³-hybridized carbons (Fsp3) is 0.0667. The highest BCUT2D eigenvalue weighted by atomic mass is 35.5. The van der Waals surface area contributed by atoms with Crippen LogP contribution in [0.2, 0.25) is 10.0 Å². The summed E-state index contributed by atoms with van der Waals surface area (Å²) in [6.45, 7) is 0. The molecule has 0 aliphatic heterocycles. The molecular weight excluding hydrogens is 585 g/mol. The maximum absolute atomic E-state index is 13.3. The summed E-state index contributed by atoms with van der Waals surface area (Å²) in [6, 6.07) is 26.7. The van der Waals surface area contributed by atoms with Crippen molar-refractivity contribution in [2.75, 3.05) is 5.32 Å². The molecule has 0 saturated heterocycles. The first kappa shape index (κ1) is 29.9. The molecule has 0 fully saturated rings. The third-order valence-electron chi connectivity index (χ3n) is 5.60. The Morgan fingerprint density at radius 1 is 0.619 bits per heavy atom. The lowest BCUT2D eigenvalue weighted by Crippen LogP contribution is -2.48. The largest absolute Gasteiger partial charge is 0.478 e. The average Bonchev–Trinajstić information content (AvgIpc) is 2.99. The number of amides is 1. The zero-order valence-electron chi connectivity index (χ0n) is 21.5. The van der Waals surface area contributed by atoms with Crippen molar-refractivity contribution >= 4 is 64.1 Å². The standard InChI is InChI=1S/C30H21Cl2N3O7/c31-23-12-6-4-10-21(23)29(39)41-25(26(28(37)38)42-30(40)22-11-5-7-13-24(22)32)27(36)33-18-14-16-20(17-15-18)35-34-19-8-2-1-3-9-19/h1-17,25-26H,(H,33,36)(H,37,38)/t25-,26-/m0/s1. The van der Waals surface area contributed by atoms with Crippen LogP contribution in [0.15, 0.2) is 113 Å².